The molecule has 5 aliphatic rings. The van der Waals surface area contributed by atoms with Crippen LogP contribution in [0.3, 0.4) is 0 Å². The van der Waals surface area contributed by atoms with E-state index in [1.807, 2.05) is 12.1 Å². The van der Waals surface area contributed by atoms with Crippen molar-refractivity contribution in [1.29, 1.82) is 0 Å². The lowest BCUT2D eigenvalue weighted by molar-refractivity contribution is -0.0106. The van der Waals surface area contributed by atoms with Crippen molar-refractivity contribution in [2.45, 2.75) is 55.5 Å². The summed E-state index contributed by atoms with van der Waals surface area (Å²) in [6.45, 7) is 8.21. The number of piperidine rings is 2. The maximum absolute atomic E-state index is 13.4. The fourth-order valence-corrected chi connectivity index (χ4v) is 7.74. The molecule has 184 valence electrons. The smallest absolute Gasteiger partial charge is 0.217 e. The third-order valence-corrected chi connectivity index (χ3v) is 9.86. The highest BCUT2D eigenvalue weighted by molar-refractivity contribution is 7.90. The van der Waals surface area contributed by atoms with Crippen LogP contribution in [0.4, 0.5) is 0 Å². The van der Waals surface area contributed by atoms with E-state index in [1.165, 1.54) is 13.1 Å². The highest BCUT2D eigenvalue weighted by atomic mass is 32.2. The first-order valence-electron chi connectivity index (χ1n) is 12.1. The number of hydrogen-bond donors (Lipinski definition) is 5. The van der Waals surface area contributed by atoms with Crippen molar-refractivity contribution in [3.8, 4) is 0 Å². The Morgan fingerprint density at radius 2 is 1.88 bits per heavy atom. The van der Waals surface area contributed by atoms with Gasteiger partial charge in [0.2, 0.25) is 10.0 Å². The van der Waals surface area contributed by atoms with Crippen LogP contribution < -0.4 is 26.2 Å². The molecule has 0 spiro atoms. The number of nitrogens with zero attached hydrogens (tertiary/aromatic N) is 3. The van der Waals surface area contributed by atoms with Crippen molar-refractivity contribution in [1.82, 2.24) is 41.1 Å². The minimum Gasteiger partial charge on any atom is -0.365 e. The van der Waals surface area contributed by atoms with Crippen LogP contribution >= 0.6 is 0 Å². The molecule has 5 heterocycles. The van der Waals surface area contributed by atoms with E-state index < -0.39 is 15.3 Å². The fourth-order valence-electron chi connectivity index (χ4n) is 6.25. The van der Waals surface area contributed by atoms with E-state index in [1.54, 1.807) is 7.11 Å². The first-order chi connectivity index (χ1) is 15.4. The van der Waals surface area contributed by atoms with Crippen molar-refractivity contribution in [3.63, 3.8) is 0 Å². The molecule has 0 amide bonds. The van der Waals surface area contributed by atoms with Crippen LogP contribution in [0.15, 0.2) is 0 Å². The molecule has 32 heavy (non-hydrogen) atoms. The molecule has 0 aromatic heterocycles. The highest BCUT2D eigenvalue weighted by Crippen LogP contribution is 2.27. The van der Waals surface area contributed by atoms with Crippen LogP contribution in [0.25, 0.3) is 0 Å². The van der Waals surface area contributed by atoms with Crippen molar-refractivity contribution < 1.29 is 13.2 Å². The Balaban J connectivity index is 1.21. The van der Waals surface area contributed by atoms with E-state index in [-0.39, 0.29) is 24.5 Å². The van der Waals surface area contributed by atoms with Gasteiger partial charge < -0.3 is 10.1 Å². The molecule has 0 aliphatic carbocycles. The average molecular weight is 473 g/mol. The molecular weight excluding hydrogens is 432 g/mol. The van der Waals surface area contributed by atoms with E-state index in [4.69, 9.17) is 4.74 Å². The SMILES string of the molecule is COC1NCC2CNN(C)C2C1NS(=O)(=O)C1CNN(C2CC(N3CC(C)C3)CCN2)C1. The van der Waals surface area contributed by atoms with E-state index in [2.05, 4.69) is 43.0 Å². The largest absolute Gasteiger partial charge is 0.365 e. The van der Waals surface area contributed by atoms with Gasteiger partial charge in [0, 0.05) is 71.4 Å². The molecule has 0 aromatic rings. The first kappa shape index (κ1) is 23.3. The Hall–Kier alpha value is -0.410. The summed E-state index contributed by atoms with van der Waals surface area (Å²) in [6, 6.07) is 0.302. The number of sulfonamides is 1. The standard InChI is InChI=1S/C20H40N8O3S/c1-13-10-27(11-13)15-4-5-21-17(6-15)28-12-16(9-24-28)32(29,30)25-18-19-14(8-23-26(19)2)7-22-20(18)31-3/h13-25H,4-12H2,1-3H3. The van der Waals surface area contributed by atoms with Crippen LogP contribution in [0.1, 0.15) is 19.8 Å². The van der Waals surface area contributed by atoms with E-state index in [9.17, 15) is 8.42 Å². The Bertz CT molecular complexity index is 766. The number of fused-ring (bicyclic) bond motifs is 1. The Kier molecular flexibility index (Phi) is 6.80. The number of ether oxygens (including phenoxy) is 1. The van der Waals surface area contributed by atoms with Gasteiger partial charge in [-0.15, -0.1) is 0 Å². The number of likely N-dealkylation sites (N-methyl/N-ethyl adjacent to an activating group) is 1. The first-order valence-corrected chi connectivity index (χ1v) is 13.6. The zero-order valence-electron chi connectivity index (χ0n) is 19.5. The van der Waals surface area contributed by atoms with Gasteiger partial charge >= 0.3 is 0 Å². The van der Waals surface area contributed by atoms with Gasteiger partial charge in [-0.2, -0.15) is 0 Å². The summed E-state index contributed by atoms with van der Waals surface area (Å²) in [5.74, 6) is 1.14. The Morgan fingerprint density at radius 3 is 2.62 bits per heavy atom. The summed E-state index contributed by atoms with van der Waals surface area (Å²) >= 11 is 0. The quantitative estimate of drug-likeness (QED) is 0.284. The molecule has 0 bridgehead atoms. The second-order valence-electron chi connectivity index (χ2n) is 10.3. The predicted octanol–water partition coefficient (Wildman–Crippen LogP) is -2.50. The molecule has 7 atom stereocenters. The molecule has 5 rings (SSSR count). The lowest BCUT2D eigenvalue weighted by Crippen LogP contribution is -2.67. The van der Waals surface area contributed by atoms with E-state index >= 15 is 0 Å². The molecule has 0 radical (unpaired) electrons. The van der Waals surface area contributed by atoms with Gasteiger partial charge in [0.1, 0.15) is 11.5 Å². The summed E-state index contributed by atoms with van der Waals surface area (Å²) in [7, 11) is 0.0749. The number of nitrogens with one attached hydrogen (secondary N) is 5. The molecule has 5 saturated heterocycles. The third kappa shape index (κ3) is 4.47. The average Bonchev–Trinajstić information content (AvgIpc) is 3.40. The van der Waals surface area contributed by atoms with E-state index in [0.29, 0.717) is 25.0 Å². The Labute approximate surface area is 191 Å². The summed E-state index contributed by atoms with van der Waals surface area (Å²) in [5, 5.41) is 10.6. The number of hydrazine groups is 2. The molecule has 0 saturated carbocycles. The van der Waals surface area contributed by atoms with Crippen LogP contribution in [-0.4, -0.2) is 119 Å². The van der Waals surface area contributed by atoms with Gasteiger partial charge in [0.15, 0.2) is 0 Å². The molecule has 11 nitrogen and oxygen atoms in total. The van der Waals surface area contributed by atoms with Crippen molar-refractivity contribution >= 4 is 10.0 Å². The third-order valence-electron chi connectivity index (χ3n) is 8.06. The highest BCUT2D eigenvalue weighted by Gasteiger charge is 2.48. The zero-order chi connectivity index (χ0) is 22.5. The van der Waals surface area contributed by atoms with Crippen LogP contribution in [0.2, 0.25) is 0 Å². The van der Waals surface area contributed by atoms with Gasteiger partial charge in [-0.05, 0) is 25.3 Å². The maximum Gasteiger partial charge on any atom is 0.217 e. The van der Waals surface area contributed by atoms with Crippen molar-refractivity contribution in [2.75, 3.05) is 60.0 Å². The fraction of sp³-hybridized carbons (Fsp3) is 1.00. The monoisotopic (exact) mass is 472 g/mol. The van der Waals surface area contributed by atoms with Gasteiger partial charge in [-0.25, -0.2) is 23.2 Å². The van der Waals surface area contributed by atoms with Gasteiger partial charge in [-0.1, -0.05) is 6.92 Å². The summed E-state index contributed by atoms with van der Waals surface area (Å²) < 4.78 is 35.5. The van der Waals surface area contributed by atoms with Gasteiger partial charge in [0.25, 0.3) is 0 Å². The van der Waals surface area contributed by atoms with Crippen LogP contribution in [-0.2, 0) is 14.8 Å². The second-order valence-corrected chi connectivity index (χ2v) is 12.3. The molecular formula is C20H40N8O3S. The topological polar surface area (TPSA) is 113 Å². The Morgan fingerprint density at radius 1 is 1.06 bits per heavy atom. The number of hydrogen-bond acceptors (Lipinski definition) is 10. The summed E-state index contributed by atoms with van der Waals surface area (Å²) in [4.78, 5) is 2.58. The molecule has 5 aliphatic heterocycles. The number of rotatable bonds is 6. The molecule has 5 fully saturated rings. The number of methoxy groups -OCH3 is 1. The molecule has 0 aromatic carbocycles. The zero-order valence-corrected chi connectivity index (χ0v) is 20.3. The predicted molar refractivity (Wildman–Crippen MR) is 122 cm³/mol. The summed E-state index contributed by atoms with van der Waals surface area (Å²) in [6.07, 6.45) is 2.01. The lowest BCUT2D eigenvalue weighted by atomic mass is 9.90. The van der Waals surface area contributed by atoms with E-state index in [0.717, 1.165) is 38.4 Å². The van der Waals surface area contributed by atoms with Gasteiger partial charge in [-0.3, -0.25) is 21.1 Å². The minimum atomic E-state index is -3.53. The molecule has 7 unspecified atom stereocenters. The lowest BCUT2D eigenvalue weighted by Gasteiger charge is -2.47. The van der Waals surface area contributed by atoms with Crippen molar-refractivity contribution in [2.24, 2.45) is 11.8 Å². The number of likely N-dealkylation sites (tertiary alicyclic amines) is 1. The normalized spacial score (nSPS) is 42.8. The molecule has 5 N–H and O–H groups in total. The molecule has 12 heteroatoms. The maximum atomic E-state index is 13.4. The van der Waals surface area contributed by atoms with Gasteiger partial charge in [0.05, 0.1) is 12.2 Å². The summed E-state index contributed by atoms with van der Waals surface area (Å²) in [5.41, 5.74) is 6.70. The van der Waals surface area contributed by atoms with Crippen molar-refractivity contribution in [3.05, 3.63) is 0 Å². The second kappa shape index (κ2) is 9.33. The van der Waals surface area contributed by atoms with Crippen LogP contribution in [0.5, 0.6) is 0 Å². The van der Waals surface area contributed by atoms with Crippen LogP contribution in [0, 0.1) is 11.8 Å². The minimum absolute atomic E-state index is 0.0566.